The number of amides is 1. The van der Waals surface area contributed by atoms with Gasteiger partial charge in [-0.1, -0.05) is 36.8 Å². The molecule has 23 heavy (non-hydrogen) atoms. The topological polar surface area (TPSA) is 46.6 Å². The number of hydrogen-bond acceptors (Lipinski definition) is 3. The summed E-state index contributed by atoms with van der Waals surface area (Å²) in [6, 6.07) is 8.12. The Balaban J connectivity index is 1.81. The summed E-state index contributed by atoms with van der Waals surface area (Å²) in [4.78, 5) is 25.8. The van der Waals surface area contributed by atoms with Crippen LogP contribution in [0.5, 0.6) is 0 Å². The van der Waals surface area contributed by atoms with Crippen LogP contribution < -0.4 is 0 Å². The summed E-state index contributed by atoms with van der Waals surface area (Å²) in [7, 11) is 0. The predicted octanol–water partition coefficient (Wildman–Crippen LogP) is 3.34. The van der Waals surface area contributed by atoms with Crippen molar-refractivity contribution < 1.29 is 14.3 Å². The minimum absolute atomic E-state index is 0.0892. The molecule has 0 bridgehead atoms. The highest BCUT2D eigenvalue weighted by molar-refractivity contribution is 5.89. The SMILES string of the molecule is CCC1CCCCN1C(=O)COC(=O)/C=C/c1ccc(C)cc1. The predicted molar refractivity (Wildman–Crippen MR) is 90.8 cm³/mol. The molecule has 1 aromatic rings. The number of nitrogens with zero attached hydrogens (tertiary/aromatic N) is 1. The highest BCUT2D eigenvalue weighted by Gasteiger charge is 2.25. The summed E-state index contributed by atoms with van der Waals surface area (Å²) in [5, 5.41) is 0. The van der Waals surface area contributed by atoms with E-state index >= 15 is 0 Å². The average Bonchev–Trinajstić information content (AvgIpc) is 2.59. The van der Waals surface area contributed by atoms with Crippen LogP contribution in [-0.2, 0) is 14.3 Å². The monoisotopic (exact) mass is 315 g/mol. The Hall–Kier alpha value is -2.10. The summed E-state index contributed by atoms with van der Waals surface area (Å²) in [5.74, 6) is -0.572. The van der Waals surface area contributed by atoms with Crippen LogP contribution in [0.15, 0.2) is 30.3 Å². The minimum atomic E-state index is -0.482. The molecule has 1 atom stereocenters. The van der Waals surface area contributed by atoms with Crippen molar-refractivity contribution in [2.75, 3.05) is 13.2 Å². The second-order valence-corrected chi connectivity index (χ2v) is 6.00. The number of rotatable bonds is 5. The number of aryl methyl sites for hydroxylation is 1. The molecule has 1 aliphatic heterocycles. The zero-order valence-corrected chi connectivity index (χ0v) is 14.0. The average molecular weight is 315 g/mol. The van der Waals surface area contributed by atoms with Crippen LogP contribution >= 0.6 is 0 Å². The standard InChI is InChI=1S/C19H25NO3/c1-3-17-6-4-5-13-20(17)18(21)14-23-19(22)12-11-16-9-7-15(2)8-10-16/h7-12,17H,3-6,13-14H2,1-2H3/b12-11+. The Morgan fingerprint density at radius 2 is 2.00 bits per heavy atom. The summed E-state index contributed by atoms with van der Waals surface area (Å²) in [6.45, 7) is 4.70. The largest absolute Gasteiger partial charge is 0.452 e. The van der Waals surface area contributed by atoms with Gasteiger partial charge in [-0.2, -0.15) is 0 Å². The zero-order chi connectivity index (χ0) is 16.7. The summed E-state index contributed by atoms with van der Waals surface area (Å²) in [5.41, 5.74) is 2.10. The van der Waals surface area contributed by atoms with E-state index in [1.54, 1.807) is 6.08 Å². The molecule has 4 nitrogen and oxygen atoms in total. The zero-order valence-electron chi connectivity index (χ0n) is 14.0. The minimum Gasteiger partial charge on any atom is -0.452 e. The second-order valence-electron chi connectivity index (χ2n) is 6.00. The molecular formula is C19H25NO3. The van der Waals surface area contributed by atoms with Crippen LogP contribution in [0, 0.1) is 6.92 Å². The molecule has 0 aromatic heterocycles. The molecule has 2 rings (SSSR count). The first kappa shape index (κ1) is 17.3. The smallest absolute Gasteiger partial charge is 0.331 e. The molecule has 1 aliphatic rings. The van der Waals surface area contributed by atoms with Crippen LogP contribution in [0.1, 0.15) is 43.7 Å². The van der Waals surface area contributed by atoms with Crippen LogP contribution in [-0.4, -0.2) is 36.0 Å². The van der Waals surface area contributed by atoms with E-state index in [1.807, 2.05) is 36.1 Å². The van der Waals surface area contributed by atoms with E-state index in [0.717, 1.165) is 31.4 Å². The molecule has 1 heterocycles. The summed E-state index contributed by atoms with van der Waals surface area (Å²) < 4.78 is 5.08. The third kappa shape index (κ3) is 5.23. The third-order valence-corrected chi connectivity index (χ3v) is 4.25. The van der Waals surface area contributed by atoms with Gasteiger partial charge in [0.05, 0.1) is 0 Å². The maximum Gasteiger partial charge on any atom is 0.331 e. The molecule has 0 radical (unpaired) electrons. The molecule has 4 heteroatoms. The van der Waals surface area contributed by atoms with Crippen LogP contribution in [0.25, 0.3) is 6.08 Å². The van der Waals surface area contributed by atoms with Crippen molar-refractivity contribution >= 4 is 18.0 Å². The molecule has 0 aliphatic carbocycles. The van der Waals surface area contributed by atoms with Gasteiger partial charge in [0.25, 0.3) is 5.91 Å². The van der Waals surface area contributed by atoms with Gasteiger partial charge in [-0.3, -0.25) is 4.79 Å². The quantitative estimate of drug-likeness (QED) is 0.618. The van der Waals surface area contributed by atoms with Gasteiger partial charge in [0.15, 0.2) is 6.61 Å². The van der Waals surface area contributed by atoms with Gasteiger partial charge in [0.2, 0.25) is 0 Å². The van der Waals surface area contributed by atoms with E-state index in [-0.39, 0.29) is 18.6 Å². The fourth-order valence-electron chi connectivity index (χ4n) is 2.86. The Bertz CT molecular complexity index is 562. The van der Waals surface area contributed by atoms with Crippen LogP contribution in [0.3, 0.4) is 0 Å². The number of carbonyl (C=O) groups is 2. The molecule has 0 saturated carbocycles. The van der Waals surface area contributed by atoms with E-state index in [0.29, 0.717) is 0 Å². The first-order chi connectivity index (χ1) is 11.1. The van der Waals surface area contributed by atoms with Crippen molar-refractivity contribution in [3.8, 4) is 0 Å². The van der Waals surface area contributed by atoms with E-state index in [2.05, 4.69) is 6.92 Å². The highest BCUT2D eigenvalue weighted by Crippen LogP contribution is 2.19. The van der Waals surface area contributed by atoms with Crippen molar-refractivity contribution in [2.24, 2.45) is 0 Å². The van der Waals surface area contributed by atoms with Gasteiger partial charge < -0.3 is 9.64 Å². The van der Waals surface area contributed by atoms with Crippen molar-refractivity contribution in [1.82, 2.24) is 4.90 Å². The van der Waals surface area contributed by atoms with Gasteiger partial charge >= 0.3 is 5.97 Å². The molecule has 1 unspecified atom stereocenters. The van der Waals surface area contributed by atoms with Crippen molar-refractivity contribution in [1.29, 1.82) is 0 Å². The molecule has 1 amide bonds. The lowest BCUT2D eigenvalue weighted by molar-refractivity contribution is -0.150. The van der Waals surface area contributed by atoms with Gasteiger partial charge in [0, 0.05) is 18.7 Å². The molecule has 124 valence electrons. The Morgan fingerprint density at radius 3 is 2.70 bits per heavy atom. The number of carbonyl (C=O) groups excluding carboxylic acids is 2. The van der Waals surface area contributed by atoms with Gasteiger partial charge in [-0.05, 0) is 44.2 Å². The van der Waals surface area contributed by atoms with Crippen LogP contribution in [0.4, 0.5) is 0 Å². The highest BCUT2D eigenvalue weighted by atomic mass is 16.5. The summed E-state index contributed by atoms with van der Waals surface area (Å²) in [6.07, 6.45) is 7.26. The normalized spacial score (nSPS) is 18.2. The van der Waals surface area contributed by atoms with Crippen molar-refractivity contribution in [2.45, 2.75) is 45.6 Å². The van der Waals surface area contributed by atoms with E-state index in [4.69, 9.17) is 4.74 Å². The maximum absolute atomic E-state index is 12.2. The van der Waals surface area contributed by atoms with Crippen molar-refractivity contribution in [3.05, 3.63) is 41.5 Å². The van der Waals surface area contributed by atoms with E-state index in [9.17, 15) is 9.59 Å². The number of hydrogen-bond donors (Lipinski definition) is 0. The number of ether oxygens (including phenoxy) is 1. The van der Waals surface area contributed by atoms with Crippen molar-refractivity contribution in [3.63, 3.8) is 0 Å². The van der Waals surface area contributed by atoms with Gasteiger partial charge in [0.1, 0.15) is 0 Å². The lowest BCUT2D eigenvalue weighted by atomic mass is 10.00. The number of benzene rings is 1. The van der Waals surface area contributed by atoms with E-state index in [1.165, 1.54) is 18.1 Å². The summed E-state index contributed by atoms with van der Waals surface area (Å²) >= 11 is 0. The fourth-order valence-corrected chi connectivity index (χ4v) is 2.86. The first-order valence-corrected chi connectivity index (χ1v) is 8.31. The maximum atomic E-state index is 12.2. The number of piperidine rings is 1. The third-order valence-electron chi connectivity index (χ3n) is 4.25. The number of likely N-dealkylation sites (tertiary alicyclic amines) is 1. The lowest BCUT2D eigenvalue weighted by Crippen LogP contribution is -2.45. The van der Waals surface area contributed by atoms with Gasteiger partial charge in [-0.15, -0.1) is 0 Å². The molecule has 1 aromatic carbocycles. The molecule has 0 spiro atoms. The lowest BCUT2D eigenvalue weighted by Gasteiger charge is -2.35. The molecular weight excluding hydrogens is 290 g/mol. The van der Waals surface area contributed by atoms with Gasteiger partial charge in [-0.25, -0.2) is 4.79 Å². The molecule has 1 saturated heterocycles. The Labute approximate surface area is 138 Å². The Morgan fingerprint density at radius 1 is 1.26 bits per heavy atom. The molecule has 1 fully saturated rings. The Kier molecular flexibility index (Phi) is 6.39. The number of esters is 1. The van der Waals surface area contributed by atoms with E-state index < -0.39 is 5.97 Å². The van der Waals surface area contributed by atoms with Crippen LogP contribution in [0.2, 0.25) is 0 Å². The second kappa shape index (κ2) is 8.51. The first-order valence-electron chi connectivity index (χ1n) is 8.31. The molecule has 0 N–H and O–H groups in total. The fraction of sp³-hybridized carbons (Fsp3) is 0.474.